The summed E-state index contributed by atoms with van der Waals surface area (Å²) in [6.07, 6.45) is 0.310. The molecule has 0 bridgehead atoms. The number of hydrogen-bond acceptors (Lipinski definition) is 5. The van der Waals surface area contributed by atoms with Crippen LogP contribution in [0.2, 0.25) is 4.82 Å². The average molecular weight is 332 g/mol. The standard InChI is InChI=1S/C9H11N5O4Se/c10-13-12-6-7(17)4(3-15)19-8(6)14-2-1-5(16)11-9(14)18/h1-2,4,6-8,15,17H,3H2,(H,11,16,18)/t4-,6+,7-,8?/m1/s1. The zero-order valence-corrected chi connectivity index (χ0v) is 11.3. The quantitative estimate of drug-likeness (QED) is 0.270. The second-order valence-electron chi connectivity index (χ2n) is 3.95. The van der Waals surface area contributed by atoms with E-state index < -0.39 is 33.2 Å². The Morgan fingerprint density at radius 3 is 2.89 bits per heavy atom. The first-order chi connectivity index (χ1) is 9.08. The summed E-state index contributed by atoms with van der Waals surface area (Å²) in [5.74, 6) is 0. The average Bonchev–Trinajstić information content (AvgIpc) is 2.68. The molecule has 2 heterocycles. The van der Waals surface area contributed by atoms with Crippen LogP contribution < -0.4 is 11.2 Å². The Morgan fingerprint density at radius 1 is 1.58 bits per heavy atom. The fraction of sp³-hybridized carbons (Fsp3) is 0.556. The van der Waals surface area contributed by atoms with Crippen molar-refractivity contribution in [2.24, 2.45) is 5.11 Å². The molecule has 0 amide bonds. The molecule has 1 fully saturated rings. The van der Waals surface area contributed by atoms with E-state index in [4.69, 9.17) is 5.53 Å². The number of rotatable bonds is 3. The second-order valence-corrected chi connectivity index (χ2v) is 6.81. The summed E-state index contributed by atoms with van der Waals surface area (Å²) >= 11 is -0.338. The van der Waals surface area contributed by atoms with Crippen LogP contribution in [0, 0.1) is 0 Å². The summed E-state index contributed by atoms with van der Waals surface area (Å²) in [5, 5.41) is 22.6. The van der Waals surface area contributed by atoms with Gasteiger partial charge >= 0.3 is 112 Å². The molecule has 0 spiro atoms. The number of aromatic amines is 1. The fourth-order valence-electron chi connectivity index (χ4n) is 1.92. The Morgan fingerprint density at radius 2 is 2.32 bits per heavy atom. The van der Waals surface area contributed by atoms with Crippen LogP contribution in [0.3, 0.4) is 0 Å². The van der Waals surface area contributed by atoms with E-state index in [2.05, 4.69) is 15.0 Å². The summed E-state index contributed by atoms with van der Waals surface area (Å²) in [5.41, 5.74) is 7.38. The molecule has 1 aromatic rings. The van der Waals surface area contributed by atoms with E-state index in [0.717, 1.165) is 0 Å². The zero-order chi connectivity index (χ0) is 14.0. The third-order valence-electron chi connectivity index (χ3n) is 2.83. The van der Waals surface area contributed by atoms with Gasteiger partial charge in [-0.15, -0.1) is 0 Å². The molecule has 0 saturated carbocycles. The van der Waals surface area contributed by atoms with Crippen molar-refractivity contribution in [2.75, 3.05) is 6.61 Å². The van der Waals surface area contributed by atoms with Crippen molar-refractivity contribution < 1.29 is 10.2 Å². The molecule has 1 unspecified atom stereocenters. The van der Waals surface area contributed by atoms with Crippen LogP contribution in [-0.2, 0) is 0 Å². The Balaban J connectivity index is 2.44. The van der Waals surface area contributed by atoms with Gasteiger partial charge in [0.1, 0.15) is 0 Å². The number of aromatic nitrogens is 2. The third-order valence-corrected chi connectivity index (χ3v) is 6.11. The number of aliphatic hydroxyl groups excluding tert-OH is 2. The Labute approximate surface area is 112 Å². The fourth-order valence-corrected chi connectivity index (χ4v) is 4.94. The molecule has 1 saturated heterocycles. The van der Waals surface area contributed by atoms with Gasteiger partial charge in [-0.2, -0.15) is 0 Å². The summed E-state index contributed by atoms with van der Waals surface area (Å²) in [6.45, 7) is -0.243. The van der Waals surface area contributed by atoms with Gasteiger partial charge in [0.05, 0.1) is 0 Å². The van der Waals surface area contributed by atoms with E-state index in [-0.39, 0.29) is 21.6 Å². The van der Waals surface area contributed by atoms with Gasteiger partial charge in [0.2, 0.25) is 0 Å². The Bertz CT molecular complexity index is 622. The van der Waals surface area contributed by atoms with Crippen LogP contribution in [-0.4, -0.2) is 53.5 Å². The molecule has 10 heteroatoms. The normalized spacial score (nSPS) is 30.0. The number of aliphatic hydroxyl groups is 2. The van der Waals surface area contributed by atoms with E-state index in [0.29, 0.717) is 0 Å². The molecule has 9 nitrogen and oxygen atoms in total. The number of nitrogens with zero attached hydrogens (tertiary/aromatic N) is 4. The first kappa shape index (κ1) is 13.9. The van der Waals surface area contributed by atoms with Gasteiger partial charge in [-0.05, 0) is 0 Å². The molecule has 2 rings (SSSR count). The molecular weight excluding hydrogens is 321 g/mol. The minimum absolute atomic E-state index is 0.243. The van der Waals surface area contributed by atoms with E-state index in [1.807, 2.05) is 0 Å². The Hall–Kier alpha value is -1.57. The molecule has 4 atom stereocenters. The van der Waals surface area contributed by atoms with E-state index in [1.165, 1.54) is 16.8 Å². The molecule has 0 radical (unpaired) electrons. The number of nitrogens with one attached hydrogen (secondary N) is 1. The van der Waals surface area contributed by atoms with Crippen LogP contribution in [0.5, 0.6) is 0 Å². The van der Waals surface area contributed by atoms with Crippen LogP contribution in [0.1, 0.15) is 4.94 Å². The van der Waals surface area contributed by atoms with Crippen LogP contribution in [0.15, 0.2) is 27.0 Å². The maximum atomic E-state index is 11.7. The monoisotopic (exact) mass is 333 g/mol. The van der Waals surface area contributed by atoms with Crippen LogP contribution in [0.4, 0.5) is 0 Å². The minimum atomic E-state index is -0.996. The van der Waals surface area contributed by atoms with Gasteiger partial charge < -0.3 is 0 Å². The van der Waals surface area contributed by atoms with Crippen molar-refractivity contribution in [1.82, 2.24) is 9.55 Å². The van der Waals surface area contributed by atoms with Crippen molar-refractivity contribution in [1.29, 1.82) is 0 Å². The van der Waals surface area contributed by atoms with Gasteiger partial charge in [0, 0.05) is 0 Å². The number of hydrogen-bond donors (Lipinski definition) is 3. The van der Waals surface area contributed by atoms with E-state index in [9.17, 15) is 19.8 Å². The van der Waals surface area contributed by atoms with Crippen LogP contribution in [0.25, 0.3) is 10.4 Å². The first-order valence-corrected chi connectivity index (χ1v) is 7.36. The maximum absolute atomic E-state index is 11.7. The molecule has 3 N–H and O–H groups in total. The number of H-pyrrole nitrogens is 1. The predicted molar refractivity (Wildman–Crippen MR) is 65.9 cm³/mol. The van der Waals surface area contributed by atoms with Crippen molar-refractivity contribution in [3.8, 4) is 0 Å². The van der Waals surface area contributed by atoms with Crippen LogP contribution >= 0.6 is 0 Å². The van der Waals surface area contributed by atoms with E-state index >= 15 is 0 Å². The first-order valence-electron chi connectivity index (χ1n) is 5.38. The Kier molecular flexibility index (Phi) is 4.08. The summed E-state index contributed by atoms with van der Waals surface area (Å²) in [7, 11) is 0. The molecule has 1 aliphatic rings. The molecule has 102 valence electrons. The van der Waals surface area contributed by atoms with Crippen molar-refractivity contribution >= 4 is 15.0 Å². The predicted octanol–water partition coefficient (Wildman–Crippen LogP) is -1.43. The number of azide groups is 1. The summed E-state index contributed by atoms with van der Waals surface area (Å²) in [6, 6.07) is 0.356. The summed E-state index contributed by atoms with van der Waals surface area (Å²) in [4.78, 5) is 26.6. The van der Waals surface area contributed by atoms with Gasteiger partial charge in [-0.3, -0.25) is 0 Å². The summed E-state index contributed by atoms with van der Waals surface area (Å²) < 4.78 is 1.24. The molecule has 1 aromatic heterocycles. The molecule has 19 heavy (non-hydrogen) atoms. The molecule has 0 aliphatic carbocycles. The second kappa shape index (κ2) is 5.60. The SMILES string of the molecule is [N-]=[N+]=N[C@@H]1C(n2ccc(=O)[nH]c2=O)[Se][C@H](CO)[C@H]1O. The van der Waals surface area contributed by atoms with Gasteiger partial charge in [0.25, 0.3) is 0 Å². The van der Waals surface area contributed by atoms with Gasteiger partial charge in [0.15, 0.2) is 0 Å². The van der Waals surface area contributed by atoms with E-state index in [1.54, 1.807) is 0 Å². The molecule has 1 aliphatic heterocycles. The molecule has 0 aromatic carbocycles. The zero-order valence-electron chi connectivity index (χ0n) is 9.58. The van der Waals surface area contributed by atoms with Crippen molar-refractivity contribution in [2.45, 2.75) is 21.9 Å². The third kappa shape index (κ3) is 2.58. The van der Waals surface area contributed by atoms with Crippen molar-refractivity contribution in [3.63, 3.8) is 0 Å². The van der Waals surface area contributed by atoms with Gasteiger partial charge in [-0.1, -0.05) is 0 Å². The van der Waals surface area contributed by atoms with Crippen molar-refractivity contribution in [3.05, 3.63) is 43.5 Å². The molecular formula is C9H11N5O4Se. The topological polar surface area (TPSA) is 144 Å². The van der Waals surface area contributed by atoms with Gasteiger partial charge in [-0.25, -0.2) is 0 Å².